The Morgan fingerprint density at radius 2 is 2.11 bits per heavy atom. The van der Waals surface area contributed by atoms with E-state index in [0.29, 0.717) is 36.6 Å². The number of hydrogen-bond acceptors (Lipinski definition) is 4. The van der Waals surface area contributed by atoms with Gasteiger partial charge in [0.05, 0.1) is 12.3 Å². The van der Waals surface area contributed by atoms with Crippen LogP contribution in [0.25, 0.3) is 0 Å². The normalized spacial score (nSPS) is 9.95. The monoisotopic (exact) mass is 265 g/mol. The van der Waals surface area contributed by atoms with Crippen LogP contribution in [-0.2, 0) is 4.79 Å². The number of nitrogens with one attached hydrogen (secondary N) is 1. The summed E-state index contributed by atoms with van der Waals surface area (Å²) in [6, 6.07) is 4.87. The van der Waals surface area contributed by atoms with Crippen LogP contribution in [0.1, 0.15) is 30.1 Å². The van der Waals surface area contributed by atoms with Gasteiger partial charge < -0.3 is 21.5 Å². The summed E-state index contributed by atoms with van der Waals surface area (Å²) in [5.74, 6) is -0.0495. The molecule has 0 heterocycles. The predicted octanol–water partition coefficient (Wildman–Crippen LogP) is 0.663. The molecule has 0 saturated heterocycles. The van der Waals surface area contributed by atoms with Gasteiger partial charge in [0.25, 0.3) is 5.91 Å². The molecule has 6 nitrogen and oxygen atoms in total. The van der Waals surface area contributed by atoms with Crippen molar-refractivity contribution in [2.45, 2.75) is 19.8 Å². The number of hydrogen-bond donors (Lipinski definition) is 3. The third kappa shape index (κ3) is 4.87. The molecule has 0 aliphatic heterocycles. The highest BCUT2D eigenvalue weighted by molar-refractivity contribution is 5.95. The summed E-state index contributed by atoms with van der Waals surface area (Å²) in [6.07, 6.45) is 0.777. The summed E-state index contributed by atoms with van der Waals surface area (Å²) in [6.45, 7) is 2.77. The van der Waals surface area contributed by atoms with Crippen LogP contribution in [0.3, 0.4) is 0 Å². The molecule has 0 saturated carbocycles. The van der Waals surface area contributed by atoms with E-state index in [1.807, 2.05) is 6.92 Å². The van der Waals surface area contributed by atoms with Gasteiger partial charge >= 0.3 is 0 Å². The first-order valence-corrected chi connectivity index (χ1v) is 6.13. The van der Waals surface area contributed by atoms with Crippen LogP contribution >= 0.6 is 0 Å². The minimum absolute atomic E-state index is 0.237. The topological polar surface area (TPSA) is 107 Å². The van der Waals surface area contributed by atoms with Crippen LogP contribution in [0.5, 0.6) is 5.75 Å². The van der Waals surface area contributed by atoms with E-state index in [-0.39, 0.29) is 18.2 Å². The number of ether oxygens (including phenoxy) is 1. The van der Waals surface area contributed by atoms with E-state index >= 15 is 0 Å². The fraction of sp³-hybridized carbons (Fsp3) is 0.385. The Morgan fingerprint density at radius 3 is 2.68 bits per heavy atom. The highest BCUT2D eigenvalue weighted by Gasteiger charge is 2.08. The minimum Gasteiger partial charge on any atom is -0.492 e. The van der Waals surface area contributed by atoms with Gasteiger partial charge in [0, 0.05) is 18.5 Å². The summed E-state index contributed by atoms with van der Waals surface area (Å²) in [5.41, 5.74) is 11.7. The van der Waals surface area contributed by atoms with E-state index in [2.05, 4.69) is 5.32 Å². The number of anilines is 1. The first-order valence-electron chi connectivity index (χ1n) is 6.13. The molecule has 1 aromatic carbocycles. The molecular formula is C13H19N3O3. The molecular weight excluding hydrogens is 246 g/mol. The molecule has 6 heteroatoms. The average Bonchev–Trinajstić information content (AvgIpc) is 2.36. The zero-order chi connectivity index (χ0) is 14.3. The zero-order valence-corrected chi connectivity index (χ0v) is 10.9. The van der Waals surface area contributed by atoms with E-state index in [1.54, 1.807) is 18.2 Å². The lowest BCUT2D eigenvalue weighted by atomic mass is 10.1. The SMILES string of the molecule is CCOc1ccc(C(=O)NCCCC(N)=O)cc1N. The molecule has 104 valence electrons. The molecule has 0 radical (unpaired) electrons. The van der Waals surface area contributed by atoms with Gasteiger partial charge in [-0.3, -0.25) is 9.59 Å². The van der Waals surface area contributed by atoms with Crippen molar-refractivity contribution in [2.75, 3.05) is 18.9 Å². The Hall–Kier alpha value is -2.24. The molecule has 0 unspecified atom stereocenters. The summed E-state index contributed by atoms with van der Waals surface area (Å²) in [4.78, 5) is 22.3. The van der Waals surface area contributed by atoms with Crippen LogP contribution < -0.4 is 21.5 Å². The van der Waals surface area contributed by atoms with Gasteiger partial charge in [-0.25, -0.2) is 0 Å². The van der Waals surface area contributed by atoms with Crippen molar-refractivity contribution < 1.29 is 14.3 Å². The van der Waals surface area contributed by atoms with Crippen LogP contribution in [-0.4, -0.2) is 25.0 Å². The van der Waals surface area contributed by atoms with Gasteiger partial charge in [-0.2, -0.15) is 0 Å². The van der Waals surface area contributed by atoms with Gasteiger partial charge in [0.15, 0.2) is 0 Å². The van der Waals surface area contributed by atoms with Crippen molar-refractivity contribution >= 4 is 17.5 Å². The smallest absolute Gasteiger partial charge is 0.251 e. The standard InChI is InChI=1S/C13H19N3O3/c1-2-19-11-6-5-9(8-10(11)14)13(18)16-7-3-4-12(15)17/h5-6,8H,2-4,7,14H2,1H3,(H2,15,17)(H,16,18). The number of nitrogens with two attached hydrogens (primary N) is 2. The molecule has 0 aliphatic rings. The van der Waals surface area contributed by atoms with Crippen molar-refractivity contribution in [1.82, 2.24) is 5.32 Å². The molecule has 0 aromatic heterocycles. The zero-order valence-electron chi connectivity index (χ0n) is 10.9. The first-order chi connectivity index (χ1) is 9.04. The average molecular weight is 265 g/mol. The summed E-state index contributed by atoms with van der Waals surface area (Å²) >= 11 is 0. The Bertz CT molecular complexity index is 460. The third-order valence-electron chi connectivity index (χ3n) is 2.46. The number of rotatable bonds is 7. The van der Waals surface area contributed by atoms with Crippen LogP contribution in [0.4, 0.5) is 5.69 Å². The summed E-state index contributed by atoms with van der Waals surface area (Å²) < 4.78 is 5.29. The van der Waals surface area contributed by atoms with E-state index in [0.717, 1.165) is 0 Å². The summed E-state index contributed by atoms with van der Waals surface area (Å²) in [5, 5.41) is 2.69. The van der Waals surface area contributed by atoms with Gasteiger partial charge in [-0.15, -0.1) is 0 Å². The highest BCUT2D eigenvalue weighted by Crippen LogP contribution is 2.22. The van der Waals surface area contributed by atoms with Gasteiger partial charge in [0.2, 0.25) is 5.91 Å². The Kier molecular flexibility index (Phi) is 5.66. The largest absolute Gasteiger partial charge is 0.492 e. The second kappa shape index (κ2) is 7.25. The maximum absolute atomic E-state index is 11.8. The Balaban J connectivity index is 2.53. The molecule has 0 aliphatic carbocycles. The number of primary amides is 1. The van der Waals surface area contributed by atoms with Gasteiger partial charge in [-0.1, -0.05) is 0 Å². The Morgan fingerprint density at radius 1 is 1.37 bits per heavy atom. The fourth-order valence-electron chi connectivity index (χ4n) is 1.54. The number of carbonyl (C=O) groups is 2. The highest BCUT2D eigenvalue weighted by atomic mass is 16.5. The van der Waals surface area contributed by atoms with Crippen molar-refractivity contribution in [1.29, 1.82) is 0 Å². The van der Waals surface area contributed by atoms with E-state index in [9.17, 15) is 9.59 Å². The molecule has 1 aromatic rings. The lowest BCUT2D eigenvalue weighted by molar-refractivity contribution is -0.118. The lowest BCUT2D eigenvalue weighted by Gasteiger charge is -2.09. The molecule has 0 fully saturated rings. The van der Waals surface area contributed by atoms with Crippen LogP contribution in [0.15, 0.2) is 18.2 Å². The van der Waals surface area contributed by atoms with Crippen LogP contribution in [0.2, 0.25) is 0 Å². The van der Waals surface area contributed by atoms with Crippen molar-refractivity contribution in [3.63, 3.8) is 0 Å². The Labute approximate surface area is 112 Å². The molecule has 2 amide bonds. The van der Waals surface area contributed by atoms with E-state index < -0.39 is 0 Å². The number of benzene rings is 1. The molecule has 5 N–H and O–H groups in total. The predicted molar refractivity (Wildman–Crippen MR) is 72.8 cm³/mol. The number of amides is 2. The maximum Gasteiger partial charge on any atom is 0.251 e. The second-order valence-corrected chi connectivity index (χ2v) is 4.01. The van der Waals surface area contributed by atoms with E-state index in [1.165, 1.54) is 0 Å². The molecule has 1 rings (SSSR count). The number of carbonyl (C=O) groups excluding carboxylic acids is 2. The maximum atomic E-state index is 11.8. The second-order valence-electron chi connectivity index (χ2n) is 4.01. The fourth-order valence-corrected chi connectivity index (χ4v) is 1.54. The number of nitrogen functional groups attached to an aromatic ring is 1. The third-order valence-corrected chi connectivity index (χ3v) is 2.46. The van der Waals surface area contributed by atoms with Crippen molar-refractivity contribution in [2.24, 2.45) is 5.73 Å². The first kappa shape index (κ1) is 14.8. The summed E-state index contributed by atoms with van der Waals surface area (Å²) in [7, 11) is 0. The van der Waals surface area contributed by atoms with Crippen molar-refractivity contribution in [3.8, 4) is 5.75 Å². The lowest BCUT2D eigenvalue weighted by Crippen LogP contribution is -2.25. The van der Waals surface area contributed by atoms with Gasteiger partial charge in [0.1, 0.15) is 5.75 Å². The quantitative estimate of drug-likeness (QED) is 0.497. The van der Waals surface area contributed by atoms with Gasteiger partial charge in [-0.05, 0) is 31.5 Å². The molecule has 19 heavy (non-hydrogen) atoms. The van der Waals surface area contributed by atoms with Crippen LogP contribution in [0, 0.1) is 0 Å². The molecule has 0 atom stereocenters. The molecule has 0 spiro atoms. The molecule has 0 bridgehead atoms. The minimum atomic E-state index is -0.375. The van der Waals surface area contributed by atoms with Crippen molar-refractivity contribution in [3.05, 3.63) is 23.8 Å². The van der Waals surface area contributed by atoms with E-state index in [4.69, 9.17) is 16.2 Å².